The van der Waals surface area contributed by atoms with Crippen molar-refractivity contribution in [2.75, 3.05) is 19.7 Å². The lowest BCUT2D eigenvalue weighted by Crippen LogP contribution is -2.31. The molecule has 0 fully saturated rings. The molecule has 0 radical (unpaired) electrons. The lowest BCUT2D eigenvalue weighted by atomic mass is 10.2. The van der Waals surface area contributed by atoms with E-state index in [1.54, 1.807) is 26.0 Å². The number of aromatic nitrogens is 1. The third-order valence-corrected chi connectivity index (χ3v) is 6.19. The topological polar surface area (TPSA) is 126 Å². The van der Waals surface area contributed by atoms with E-state index < -0.39 is 34.1 Å². The van der Waals surface area contributed by atoms with E-state index in [1.165, 1.54) is 34.8 Å². The molecule has 29 heavy (non-hydrogen) atoms. The Labute approximate surface area is 168 Å². The summed E-state index contributed by atoms with van der Waals surface area (Å²) in [6.45, 7) is 3.89. The Kier molecular flexibility index (Phi) is 7.68. The number of carbonyl (C=O) groups excluding carboxylic acids is 2. The summed E-state index contributed by atoms with van der Waals surface area (Å²) in [6, 6.07) is 8.95. The van der Waals surface area contributed by atoms with Gasteiger partial charge in [0.1, 0.15) is 5.56 Å². The van der Waals surface area contributed by atoms with Gasteiger partial charge in [-0.15, -0.1) is 0 Å². The fourth-order valence-electron chi connectivity index (χ4n) is 2.53. The lowest BCUT2D eigenvalue weighted by Gasteiger charge is -2.18. The second-order valence-electron chi connectivity index (χ2n) is 6.00. The Morgan fingerprint density at radius 1 is 1.10 bits per heavy atom. The fraction of sp³-hybridized carbons (Fsp3) is 0.316. The number of pyridine rings is 1. The lowest BCUT2D eigenvalue weighted by molar-refractivity contribution is -0.124. The predicted molar refractivity (Wildman–Crippen MR) is 106 cm³/mol. The maximum atomic E-state index is 12.4. The van der Waals surface area contributed by atoms with Crippen LogP contribution in [0.1, 0.15) is 29.8 Å². The van der Waals surface area contributed by atoms with E-state index in [0.717, 1.165) is 0 Å². The molecule has 1 aromatic heterocycles. The zero-order valence-electron chi connectivity index (χ0n) is 16.2. The zero-order valence-corrected chi connectivity index (χ0v) is 17.0. The molecule has 2 N–H and O–H groups in total. The highest BCUT2D eigenvalue weighted by molar-refractivity contribution is 7.89. The fourth-order valence-corrected chi connectivity index (χ4v) is 3.99. The number of carbonyl (C=O) groups is 2. The van der Waals surface area contributed by atoms with Crippen LogP contribution in [0.15, 0.2) is 52.3 Å². The maximum Gasteiger partial charge on any atom is 0.344 e. The molecular weight excluding hydrogens is 398 g/mol. The van der Waals surface area contributed by atoms with E-state index >= 15 is 0 Å². The summed E-state index contributed by atoms with van der Waals surface area (Å²) in [5.74, 6) is -1.45. The summed E-state index contributed by atoms with van der Waals surface area (Å²) in [5, 5.41) is 2.56. The van der Waals surface area contributed by atoms with Gasteiger partial charge in [-0.2, -0.15) is 4.31 Å². The van der Waals surface area contributed by atoms with Gasteiger partial charge in [0.2, 0.25) is 10.0 Å². The highest BCUT2D eigenvalue weighted by Crippen LogP contribution is 2.16. The molecule has 0 atom stereocenters. The number of rotatable bonds is 9. The first-order valence-corrected chi connectivity index (χ1v) is 10.4. The number of nitrogens with zero attached hydrogens (tertiary/aromatic N) is 1. The van der Waals surface area contributed by atoms with E-state index in [1.807, 2.05) is 0 Å². The summed E-state index contributed by atoms with van der Waals surface area (Å²) in [4.78, 5) is 37.7. The average Bonchev–Trinajstić information content (AvgIpc) is 2.71. The molecule has 9 nitrogen and oxygen atoms in total. The normalized spacial score (nSPS) is 11.3. The smallest absolute Gasteiger partial charge is 0.344 e. The monoisotopic (exact) mass is 421 g/mol. The first-order chi connectivity index (χ1) is 13.8. The minimum atomic E-state index is -3.54. The van der Waals surface area contributed by atoms with E-state index in [4.69, 9.17) is 4.74 Å². The number of aromatic amines is 1. The first kappa shape index (κ1) is 22.3. The number of esters is 1. The molecule has 2 aromatic rings. The van der Waals surface area contributed by atoms with Crippen molar-refractivity contribution in [2.24, 2.45) is 0 Å². The highest BCUT2D eigenvalue weighted by atomic mass is 32.2. The van der Waals surface area contributed by atoms with Gasteiger partial charge in [0.25, 0.3) is 11.5 Å². The van der Waals surface area contributed by atoms with Crippen molar-refractivity contribution >= 4 is 21.9 Å². The van der Waals surface area contributed by atoms with Crippen molar-refractivity contribution in [1.82, 2.24) is 14.6 Å². The van der Waals surface area contributed by atoms with Gasteiger partial charge in [0.15, 0.2) is 6.61 Å². The van der Waals surface area contributed by atoms with Crippen molar-refractivity contribution < 1.29 is 22.7 Å². The molecule has 1 heterocycles. The number of benzene rings is 1. The standard InChI is InChI=1S/C19H23N3O6S/c1-3-22(4-2)29(26,27)15-9-7-14(8-10-15)12-21-17(23)13-28-19(25)16-6-5-11-20-18(16)24/h5-11H,3-4,12-13H2,1-2H3,(H,20,24)(H,21,23). The molecule has 0 unspecified atom stereocenters. The van der Waals surface area contributed by atoms with E-state index in [9.17, 15) is 22.8 Å². The second kappa shape index (κ2) is 9.99. The van der Waals surface area contributed by atoms with Crippen molar-refractivity contribution in [3.05, 3.63) is 64.1 Å². The van der Waals surface area contributed by atoms with Crippen molar-refractivity contribution in [2.45, 2.75) is 25.3 Å². The molecule has 0 saturated carbocycles. The van der Waals surface area contributed by atoms with Crippen LogP contribution in [0.2, 0.25) is 0 Å². The van der Waals surface area contributed by atoms with Crippen LogP contribution in [0, 0.1) is 0 Å². The average molecular weight is 421 g/mol. The molecule has 156 valence electrons. The molecule has 0 aliphatic heterocycles. The van der Waals surface area contributed by atoms with Crippen LogP contribution in [0.5, 0.6) is 0 Å². The number of amides is 1. The van der Waals surface area contributed by atoms with Crippen molar-refractivity contribution in [3.8, 4) is 0 Å². The van der Waals surface area contributed by atoms with E-state index in [0.29, 0.717) is 18.7 Å². The summed E-state index contributed by atoms with van der Waals surface area (Å²) in [6.07, 6.45) is 1.38. The number of sulfonamides is 1. The van der Waals surface area contributed by atoms with Gasteiger partial charge < -0.3 is 15.0 Å². The van der Waals surface area contributed by atoms with Crippen LogP contribution in [0.4, 0.5) is 0 Å². The van der Waals surface area contributed by atoms with Gasteiger partial charge >= 0.3 is 5.97 Å². The number of ether oxygens (including phenoxy) is 1. The van der Waals surface area contributed by atoms with Crippen molar-refractivity contribution in [1.29, 1.82) is 0 Å². The molecule has 0 spiro atoms. The zero-order chi connectivity index (χ0) is 21.4. The van der Waals surface area contributed by atoms with Crippen LogP contribution < -0.4 is 10.9 Å². The Hall–Kier alpha value is -2.98. The van der Waals surface area contributed by atoms with Crippen LogP contribution in [-0.2, 0) is 26.1 Å². The Balaban J connectivity index is 1.88. The number of H-pyrrole nitrogens is 1. The molecule has 1 amide bonds. The summed E-state index contributed by atoms with van der Waals surface area (Å²) in [7, 11) is -3.54. The molecule has 10 heteroatoms. The largest absolute Gasteiger partial charge is 0.452 e. The molecule has 1 aromatic carbocycles. The van der Waals surface area contributed by atoms with Crippen LogP contribution in [0.25, 0.3) is 0 Å². The Bertz CT molecular complexity index is 1010. The number of nitrogens with one attached hydrogen (secondary N) is 2. The molecular formula is C19H23N3O6S. The van der Waals surface area contributed by atoms with Gasteiger partial charge in [-0.25, -0.2) is 13.2 Å². The summed E-state index contributed by atoms with van der Waals surface area (Å²) >= 11 is 0. The predicted octanol–water partition coefficient (Wildman–Crippen LogP) is 0.879. The molecule has 0 aliphatic carbocycles. The minimum absolute atomic E-state index is 0.133. The Morgan fingerprint density at radius 3 is 2.34 bits per heavy atom. The van der Waals surface area contributed by atoms with Crippen molar-refractivity contribution in [3.63, 3.8) is 0 Å². The van der Waals surface area contributed by atoms with Crippen LogP contribution in [-0.4, -0.2) is 49.3 Å². The Morgan fingerprint density at radius 2 is 1.76 bits per heavy atom. The summed E-state index contributed by atoms with van der Waals surface area (Å²) < 4.78 is 31.1. The number of hydrogen-bond donors (Lipinski definition) is 2. The first-order valence-electron chi connectivity index (χ1n) is 9.00. The van der Waals surface area contributed by atoms with Gasteiger partial charge in [-0.3, -0.25) is 9.59 Å². The van der Waals surface area contributed by atoms with Gasteiger partial charge in [0.05, 0.1) is 4.90 Å². The third kappa shape index (κ3) is 5.75. The van der Waals surface area contributed by atoms with Gasteiger partial charge in [-0.1, -0.05) is 26.0 Å². The quantitative estimate of drug-likeness (QED) is 0.579. The van der Waals surface area contributed by atoms with Gasteiger partial charge in [-0.05, 0) is 29.8 Å². The summed E-state index contributed by atoms with van der Waals surface area (Å²) in [5.41, 5.74) is -0.106. The molecule has 0 saturated heterocycles. The maximum absolute atomic E-state index is 12.4. The SMILES string of the molecule is CCN(CC)S(=O)(=O)c1ccc(CNC(=O)COC(=O)c2ccc[nH]c2=O)cc1. The molecule has 0 aliphatic rings. The van der Waals surface area contributed by atoms with Crippen LogP contribution >= 0.6 is 0 Å². The van der Waals surface area contributed by atoms with Gasteiger partial charge in [0, 0.05) is 25.8 Å². The molecule has 0 bridgehead atoms. The van der Waals surface area contributed by atoms with Crippen LogP contribution in [0.3, 0.4) is 0 Å². The highest BCUT2D eigenvalue weighted by Gasteiger charge is 2.21. The van der Waals surface area contributed by atoms with E-state index in [2.05, 4.69) is 10.3 Å². The molecule has 2 rings (SSSR count). The van der Waals surface area contributed by atoms with E-state index in [-0.39, 0.29) is 17.0 Å². The minimum Gasteiger partial charge on any atom is -0.452 e. The second-order valence-corrected chi connectivity index (χ2v) is 7.94. The third-order valence-electron chi connectivity index (χ3n) is 4.13. The number of hydrogen-bond acceptors (Lipinski definition) is 6.